The van der Waals surface area contributed by atoms with Gasteiger partial charge in [-0.3, -0.25) is 0 Å². The summed E-state index contributed by atoms with van der Waals surface area (Å²) in [4.78, 5) is 0.743. The topological polar surface area (TPSA) is 39.2 Å². The Kier molecular flexibility index (Phi) is 4.21. The van der Waals surface area contributed by atoms with Crippen LogP contribution in [0.5, 0.6) is 0 Å². The lowest BCUT2D eigenvalue weighted by Crippen LogP contribution is -2.07. The smallest absolute Gasteiger partial charge is 0.416 e. The van der Waals surface area contributed by atoms with Gasteiger partial charge in [0.25, 0.3) is 0 Å². The number of hydrogen-bond acceptors (Lipinski definition) is 3. The Balaban J connectivity index is 2.16. The molecule has 0 aliphatic rings. The SMILES string of the molecule is NCc1cc(C(F)(F)F)ccc1SCc1ccco1. The molecule has 0 radical (unpaired) electrons. The minimum atomic E-state index is -4.34. The maximum Gasteiger partial charge on any atom is 0.416 e. The molecule has 2 N–H and O–H groups in total. The van der Waals surface area contributed by atoms with E-state index < -0.39 is 11.7 Å². The van der Waals surface area contributed by atoms with Crippen molar-refractivity contribution < 1.29 is 17.6 Å². The minimum absolute atomic E-state index is 0.0738. The van der Waals surface area contributed by atoms with Crippen LogP contribution >= 0.6 is 11.8 Å². The quantitative estimate of drug-likeness (QED) is 0.862. The Morgan fingerprint density at radius 1 is 1.21 bits per heavy atom. The third-order valence-electron chi connectivity index (χ3n) is 2.56. The molecule has 19 heavy (non-hydrogen) atoms. The standard InChI is InChI=1S/C13H12F3NOS/c14-13(15,16)10-3-4-12(9(6-10)7-17)19-8-11-2-1-5-18-11/h1-6H,7-8,17H2. The van der Waals surface area contributed by atoms with Gasteiger partial charge < -0.3 is 10.2 Å². The molecule has 6 heteroatoms. The second-order valence-corrected chi connectivity index (χ2v) is 4.91. The van der Waals surface area contributed by atoms with Crippen molar-refractivity contribution >= 4 is 11.8 Å². The number of halogens is 3. The van der Waals surface area contributed by atoms with Gasteiger partial charge in [0.15, 0.2) is 0 Å². The molecular weight excluding hydrogens is 275 g/mol. The van der Waals surface area contributed by atoms with Crippen LogP contribution in [-0.4, -0.2) is 0 Å². The highest BCUT2D eigenvalue weighted by atomic mass is 32.2. The number of benzene rings is 1. The lowest BCUT2D eigenvalue weighted by Gasteiger charge is -2.11. The van der Waals surface area contributed by atoms with Crippen molar-refractivity contribution in [1.82, 2.24) is 0 Å². The zero-order chi connectivity index (χ0) is 13.9. The van der Waals surface area contributed by atoms with Gasteiger partial charge in [-0.15, -0.1) is 11.8 Å². The second-order valence-electron chi connectivity index (χ2n) is 3.89. The molecule has 0 spiro atoms. The molecular formula is C13H12F3NOS. The Hall–Kier alpha value is -1.40. The van der Waals surface area contributed by atoms with Crippen LogP contribution in [0.3, 0.4) is 0 Å². The largest absolute Gasteiger partial charge is 0.468 e. The summed E-state index contributed by atoms with van der Waals surface area (Å²) in [5.41, 5.74) is 5.33. The second kappa shape index (κ2) is 5.71. The molecule has 0 saturated heterocycles. The van der Waals surface area contributed by atoms with Gasteiger partial charge in [-0.25, -0.2) is 0 Å². The number of rotatable bonds is 4. The Morgan fingerprint density at radius 2 is 2.00 bits per heavy atom. The summed E-state index contributed by atoms with van der Waals surface area (Å²) in [6.45, 7) is 0.0738. The molecule has 1 aromatic carbocycles. The van der Waals surface area contributed by atoms with Gasteiger partial charge >= 0.3 is 6.18 Å². The van der Waals surface area contributed by atoms with Crippen molar-refractivity contribution in [2.75, 3.05) is 0 Å². The number of alkyl halides is 3. The van der Waals surface area contributed by atoms with E-state index in [4.69, 9.17) is 10.2 Å². The molecule has 0 aliphatic heterocycles. The van der Waals surface area contributed by atoms with Crippen LogP contribution in [0, 0.1) is 0 Å². The average Bonchev–Trinajstić information content (AvgIpc) is 2.88. The number of thioether (sulfide) groups is 1. The first-order valence-corrected chi connectivity index (χ1v) is 6.54. The predicted molar refractivity (Wildman–Crippen MR) is 67.6 cm³/mol. The highest BCUT2D eigenvalue weighted by molar-refractivity contribution is 7.98. The van der Waals surface area contributed by atoms with Crippen LogP contribution in [-0.2, 0) is 18.5 Å². The molecule has 1 heterocycles. The molecule has 0 atom stereocenters. The number of furan rings is 1. The molecule has 2 aromatic rings. The van der Waals surface area contributed by atoms with Crippen molar-refractivity contribution in [3.05, 3.63) is 53.5 Å². The van der Waals surface area contributed by atoms with Crippen LogP contribution < -0.4 is 5.73 Å². The highest BCUT2D eigenvalue weighted by Gasteiger charge is 2.30. The zero-order valence-electron chi connectivity index (χ0n) is 9.91. The highest BCUT2D eigenvalue weighted by Crippen LogP contribution is 2.34. The van der Waals surface area contributed by atoms with Gasteiger partial charge in [0.1, 0.15) is 5.76 Å². The molecule has 2 nitrogen and oxygen atoms in total. The maximum atomic E-state index is 12.6. The maximum absolute atomic E-state index is 12.6. The first-order chi connectivity index (χ1) is 9.00. The molecule has 0 amide bonds. The molecule has 0 fully saturated rings. The van der Waals surface area contributed by atoms with E-state index in [9.17, 15) is 13.2 Å². The number of nitrogens with two attached hydrogens (primary N) is 1. The molecule has 0 unspecified atom stereocenters. The first-order valence-electron chi connectivity index (χ1n) is 5.56. The fourth-order valence-corrected chi connectivity index (χ4v) is 2.55. The van der Waals surface area contributed by atoms with Gasteiger partial charge in [-0.1, -0.05) is 0 Å². The van der Waals surface area contributed by atoms with Crippen LogP contribution in [0.2, 0.25) is 0 Å². The lowest BCUT2D eigenvalue weighted by atomic mass is 10.1. The Morgan fingerprint density at radius 3 is 2.58 bits per heavy atom. The average molecular weight is 287 g/mol. The summed E-state index contributed by atoms with van der Waals surface area (Å²) in [7, 11) is 0. The van der Waals surface area contributed by atoms with Gasteiger partial charge in [-0.05, 0) is 35.9 Å². The van der Waals surface area contributed by atoms with E-state index in [1.54, 1.807) is 12.3 Å². The fraction of sp³-hybridized carbons (Fsp3) is 0.231. The molecule has 0 saturated carbocycles. The van der Waals surface area contributed by atoms with E-state index in [0.29, 0.717) is 11.3 Å². The predicted octanol–water partition coefficient (Wildman–Crippen LogP) is 4.05. The van der Waals surface area contributed by atoms with Gasteiger partial charge in [0, 0.05) is 11.4 Å². The third kappa shape index (κ3) is 3.54. The lowest BCUT2D eigenvalue weighted by molar-refractivity contribution is -0.137. The summed E-state index contributed by atoms with van der Waals surface area (Å²) in [5.74, 6) is 1.33. The molecule has 0 aliphatic carbocycles. The van der Waals surface area contributed by atoms with Crippen LogP contribution in [0.4, 0.5) is 13.2 Å². The van der Waals surface area contributed by atoms with Gasteiger partial charge in [-0.2, -0.15) is 13.2 Å². The monoisotopic (exact) mass is 287 g/mol. The van der Waals surface area contributed by atoms with Crippen LogP contribution in [0.1, 0.15) is 16.9 Å². The van der Waals surface area contributed by atoms with Crippen molar-refractivity contribution in [2.45, 2.75) is 23.4 Å². The van der Waals surface area contributed by atoms with Crippen molar-refractivity contribution in [3.8, 4) is 0 Å². The Labute approximate surface area is 112 Å². The van der Waals surface area contributed by atoms with E-state index in [0.717, 1.165) is 22.8 Å². The van der Waals surface area contributed by atoms with Gasteiger partial charge in [0.2, 0.25) is 0 Å². The van der Waals surface area contributed by atoms with E-state index in [-0.39, 0.29) is 6.54 Å². The van der Waals surface area contributed by atoms with Crippen molar-refractivity contribution in [3.63, 3.8) is 0 Å². The Bertz CT molecular complexity index is 537. The summed E-state index contributed by atoms with van der Waals surface area (Å²) in [6, 6.07) is 7.22. The molecule has 2 rings (SSSR count). The van der Waals surface area contributed by atoms with E-state index in [2.05, 4.69) is 0 Å². The fourth-order valence-electron chi connectivity index (χ4n) is 1.60. The van der Waals surface area contributed by atoms with E-state index >= 15 is 0 Å². The normalized spacial score (nSPS) is 11.8. The van der Waals surface area contributed by atoms with Crippen molar-refractivity contribution in [2.24, 2.45) is 5.73 Å². The summed E-state index contributed by atoms with van der Waals surface area (Å²) >= 11 is 1.41. The van der Waals surface area contributed by atoms with Crippen LogP contribution in [0.15, 0.2) is 45.9 Å². The zero-order valence-corrected chi connectivity index (χ0v) is 10.7. The van der Waals surface area contributed by atoms with E-state index in [1.165, 1.54) is 17.8 Å². The van der Waals surface area contributed by atoms with Gasteiger partial charge in [0.05, 0.1) is 17.6 Å². The minimum Gasteiger partial charge on any atom is -0.468 e. The first kappa shape index (κ1) is 14.0. The van der Waals surface area contributed by atoms with Crippen molar-refractivity contribution in [1.29, 1.82) is 0 Å². The molecule has 102 valence electrons. The van der Waals surface area contributed by atoms with E-state index in [1.807, 2.05) is 6.07 Å². The number of hydrogen-bond donors (Lipinski definition) is 1. The summed E-state index contributed by atoms with van der Waals surface area (Å²) in [6.07, 6.45) is -2.78. The third-order valence-corrected chi connectivity index (χ3v) is 3.70. The molecule has 0 bridgehead atoms. The summed E-state index contributed by atoms with van der Waals surface area (Å²) < 4.78 is 42.9. The summed E-state index contributed by atoms with van der Waals surface area (Å²) in [5, 5.41) is 0. The van der Waals surface area contributed by atoms with Crippen LogP contribution in [0.25, 0.3) is 0 Å². The molecule has 1 aromatic heterocycles.